The number of carbonyl (C=O) groups is 2. The van der Waals surface area contributed by atoms with Crippen LogP contribution in [0.1, 0.15) is 23.7 Å². The highest BCUT2D eigenvalue weighted by atomic mass is 35.5. The third-order valence-electron chi connectivity index (χ3n) is 3.66. The number of likely N-dealkylation sites (tertiary alicyclic amines) is 1. The van der Waals surface area contributed by atoms with Crippen LogP contribution in [0.4, 0.5) is 10.5 Å². The number of carbonyl (C=O) groups excluding carboxylic acids is 1. The molecule has 0 radical (unpaired) electrons. The molecule has 21 heavy (non-hydrogen) atoms. The number of anilines is 1. The van der Waals surface area contributed by atoms with Gasteiger partial charge in [-0.1, -0.05) is 18.5 Å². The van der Waals surface area contributed by atoms with Crippen LogP contribution < -0.4 is 5.32 Å². The van der Waals surface area contributed by atoms with E-state index in [9.17, 15) is 14.7 Å². The zero-order chi connectivity index (χ0) is 15.6. The molecule has 0 saturated carbocycles. The average molecular weight is 313 g/mol. The fourth-order valence-electron chi connectivity index (χ4n) is 2.23. The van der Waals surface area contributed by atoms with Gasteiger partial charge in [0.25, 0.3) is 0 Å². The van der Waals surface area contributed by atoms with Crippen molar-refractivity contribution in [3.63, 3.8) is 0 Å². The average Bonchev–Trinajstić information content (AvgIpc) is 2.41. The molecule has 0 aliphatic carbocycles. The van der Waals surface area contributed by atoms with Crippen LogP contribution in [0, 0.1) is 5.92 Å². The fourth-order valence-corrected chi connectivity index (χ4v) is 2.41. The standard InChI is InChI=1S/C14H17ClN2O4/c1-8-4-5-17(7-12(8)18)14(21)16-11-6-9(15)2-3-10(11)13(19)20/h2-3,6,8,12,18H,4-5,7H2,1H3,(H,16,21)(H,19,20). The summed E-state index contributed by atoms with van der Waals surface area (Å²) in [5, 5.41) is 21.8. The summed E-state index contributed by atoms with van der Waals surface area (Å²) in [7, 11) is 0. The highest BCUT2D eigenvalue weighted by Crippen LogP contribution is 2.23. The molecule has 2 amide bonds. The summed E-state index contributed by atoms with van der Waals surface area (Å²) in [6, 6.07) is 3.75. The minimum absolute atomic E-state index is 0.0290. The van der Waals surface area contributed by atoms with Gasteiger partial charge in [-0.2, -0.15) is 0 Å². The van der Waals surface area contributed by atoms with Crippen LogP contribution in [0.3, 0.4) is 0 Å². The molecule has 1 aliphatic rings. The number of nitrogens with one attached hydrogen (secondary N) is 1. The van der Waals surface area contributed by atoms with Crippen molar-refractivity contribution in [1.82, 2.24) is 4.90 Å². The Kier molecular flexibility index (Phi) is 4.69. The Labute approximate surface area is 127 Å². The van der Waals surface area contributed by atoms with Gasteiger partial charge in [0.1, 0.15) is 0 Å². The van der Waals surface area contributed by atoms with E-state index in [1.165, 1.54) is 23.1 Å². The molecule has 1 aromatic carbocycles. The van der Waals surface area contributed by atoms with Crippen LogP contribution in [-0.4, -0.2) is 46.3 Å². The second-order valence-corrected chi connectivity index (χ2v) is 5.64. The maximum Gasteiger partial charge on any atom is 0.337 e. The molecule has 1 aliphatic heterocycles. The number of amides is 2. The maximum absolute atomic E-state index is 12.2. The molecule has 2 rings (SSSR count). The number of nitrogens with zero attached hydrogens (tertiary/aromatic N) is 1. The Hall–Kier alpha value is -1.79. The Morgan fingerprint density at radius 2 is 2.14 bits per heavy atom. The quantitative estimate of drug-likeness (QED) is 0.781. The summed E-state index contributed by atoms with van der Waals surface area (Å²) >= 11 is 5.84. The number of rotatable bonds is 2. The molecule has 0 spiro atoms. The van der Waals surface area contributed by atoms with Crippen molar-refractivity contribution in [2.45, 2.75) is 19.4 Å². The number of halogens is 1. The molecule has 0 aromatic heterocycles. The molecule has 1 saturated heterocycles. The molecule has 6 nitrogen and oxygen atoms in total. The third kappa shape index (κ3) is 3.65. The lowest BCUT2D eigenvalue weighted by molar-refractivity contribution is 0.0463. The number of hydrogen-bond donors (Lipinski definition) is 3. The van der Waals surface area contributed by atoms with Crippen molar-refractivity contribution < 1.29 is 19.8 Å². The number of aromatic carboxylic acids is 1. The van der Waals surface area contributed by atoms with E-state index < -0.39 is 18.1 Å². The SMILES string of the molecule is CC1CCN(C(=O)Nc2cc(Cl)ccc2C(=O)O)CC1O. The first kappa shape index (κ1) is 15.6. The largest absolute Gasteiger partial charge is 0.478 e. The van der Waals surface area contributed by atoms with Crippen molar-refractivity contribution >= 4 is 29.3 Å². The summed E-state index contributed by atoms with van der Waals surface area (Å²) in [4.78, 5) is 24.8. The number of β-amino-alcohol motifs (C(OH)–C–C–N with tert-alkyl or cyclic N) is 1. The first-order chi connectivity index (χ1) is 9.88. The van der Waals surface area contributed by atoms with Gasteiger partial charge in [-0.15, -0.1) is 0 Å². The first-order valence-corrected chi connectivity index (χ1v) is 7.03. The number of piperidine rings is 1. The van der Waals surface area contributed by atoms with E-state index in [1.54, 1.807) is 0 Å². The van der Waals surface area contributed by atoms with Crippen LogP contribution in [0.25, 0.3) is 0 Å². The van der Waals surface area contributed by atoms with Crippen LogP contribution >= 0.6 is 11.6 Å². The van der Waals surface area contributed by atoms with Gasteiger partial charge in [0, 0.05) is 18.1 Å². The van der Waals surface area contributed by atoms with Crippen LogP contribution in [0.2, 0.25) is 5.02 Å². The number of urea groups is 1. The topological polar surface area (TPSA) is 89.9 Å². The molecule has 114 valence electrons. The maximum atomic E-state index is 12.2. The molecule has 1 fully saturated rings. The van der Waals surface area contributed by atoms with Crippen molar-refractivity contribution in [3.8, 4) is 0 Å². The Balaban J connectivity index is 2.13. The lowest BCUT2D eigenvalue weighted by atomic mass is 9.96. The summed E-state index contributed by atoms with van der Waals surface area (Å²) in [5.41, 5.74) is 0.117. The summed E-state index contributed by atoms with van der Waals surface area (Å²) in [6.45, 7) is 2.68. The molecule has 3 N–H and O–H groups in total. The van der Waals surface area contributed by atoms with Gasteiger partial charge in [-0.25, -0.2) is 9.59 Å². The van der Waals surface area contributed by atoms with E-state index in [0.717, 1.165) is 0 Å². The number of carboxylic acid groups (broad SMARTS) is 1. The predicted octanol–water partition coefficient (Wildman–Crippen LogP) is 2.27. The molecule has 0 bridgehead atoms. The number of hydrogen-bond acceptors (Lipinski definition) is 3. The predicted molar refractivity (Wildman–Crippen MR) is 78.8 cm³/mol. The minimum atomic E-state index is -1.14. The lowest BCUT2D eigenvalue weighted by Crippen LogP contribution is -2.47. The molecule has 1 aromatic rings. The normalized spacial score (nSPS) is 22.0. The Bertz CT molecular complexity index is 564. The van der Waals surface area contributed by atoms with E-state index in [1.807, 2.05) is 6.92 Å². The zero-order valence-corrected chi connectivity index (χ0v) is 12.3. The van der Waals surface area contributed by atoms with E-state index >= 15 is 0 Å². The first-order valence-electron chi connectivity index (χ1n) is 6.65. The summed E-state index contributed by atoms with van der Waals surface area (Å²) in [5.74, 6) is -0.996. The number of aliphatic hydroxyl groups excluding tert-OH is 1. The lowest BCUT2D eigenvalue weighted by Gasteiger charge is -2.34. The van der Waals surface area contributed by atoms with Crippen LogP contribution in [-0.2, 0) is 0 Å². The summed E-state index contributed by atoms with van der Waals surface area (Å²) < 4.78 is 0. The van der Waals surface area contributed by atoms with Gasteiger partial charge >= 0.3 is 12.0 Å². The Morgan fingerprint density at radius 3 is 2.76 bits per heavy atom. The van der Waals surface area contributed by atoms with E-state index in [2.05, 4.69) is 5.32 Å². The molecule has 2 unspecified atom stereocenters. The Morgan fingerprint density at radius 1 is 1.43 bits per heavy atom. The van der Waals surface area contributed by atoms with Gasteiger partial charge in [-0.05, 0) is 30.5 Å². The minimum Gasteiger partial charge on any atom is -0.478 e. The molecule has 2 atom stereocenters. The van der Waals surface area contributed by atoms with Gasteiger partial charge in [0.05, 0.1) is 17.4 Å². The van der Waals surface area contributed by atoms with E-state index in [4.69, 9.17) is 16.7 Å². The molecular weight excluding hydrogens is 296 g/mol. The van der Waals surface area contributed by atoms with Gasteiger partial charge in [-0.3, -0.25) is 0 Å². The molecule has 7 heteroatoms. The summed E-state index contributed by atoms with van der Waals surface area (Å²) in [6.07, 6.45) is 0.137. The zero-order valence-electron chi connectivity index (χ0n) is 11.5. The van der Waals surface area contributed by atoms with Gasteiger partial charge < -0.3 is 20.4 Å². The third-order valence-corrected chi connectivity index (χ3v) is 3.89. The molecule has 1 heterocycles. The smallest absolute Gasteiger partial charge is 0.337 e. The second-order valence-electron chi connectivity index (χ2n) is 5.20. The van der Waals surface area contributed by atoms with Crippen molar-refractivity contribution in [1.29, 1.82) is 0 Å². The van der Waals surface area contributed by atoms with Crippen molar-refractivity contribution in [2.24, 2.45) is 5.92 Å². The van der Waals surface area contributed by atoms with Crippen molar-refractivity contribution in [3.05, 3.63) is 28.8 Å². The van der Waals surface area contributed by atoms with Gasteiger partial charge in [0.15, 0.2) is 0 Å². The van der Waals surface area contributed by atoms with E-state index in [0.29, 0.717) is 18.0 Å². The number of benzene rings is 1. The fraction of sp³-hybridized carbons (Fsp3) is 0.429. The molecular formula is C14H17ClN2O4. The highest BCUT2D eigenvalue weighted by Gasteiger charge is 2.27. The van der Waals surface area contributed by atoms with Crippen molar-refractivity contribution in [2.75, 3.05) is 18.4 Å². The second kappa shape index (κ2) is 6.32. The number of carboxylic acids is 1. The van der Waals surface area contributed by atoms with Crippen LogP contribution in [0.15, 0.2) is 18.2 Å². The van der Waals surface area contributed by atoms with Crippen LogP contribution in [0.5, 0.6) is 0 Å². The van der Waals surface area contributed by atoms with Gasteiger partial charge in [0.2, 0.25) is 0 Å². The highest BCUT2D eigenvalue weighted by molar-refractivity contribution is 6.31. The number of aliphatic hydroxyl groups is 1. The monoisotopic (exact) mass is 312 g/mol. The van der Waals surface area contributed by atoms with E-state index in [-0.39, 0.29) is 23.7 Å².